The van der Waals surface area contributed by atoms with E-state index in [2.05, 4.69) is 61.5 Å². The first-order valence-corrected chi connectivity index (χ1v) is 11.7. The molecule has 1 atom stereocenters. The van der Waals surface area contributed by atoms with E-state index in [1.165, 1.54) is 16.8 Å². The topological polar surface area (TPSA) is 53.4 Å². The van der Waals surface area contributed by atoms with Crippen molar-refractivity contribution in [2.24, 2.45) is 7.05 Å². The number of carbonyl (C=O) groups is 1. The minimum atomic E-state index is -0.113. The fraction of sp³-hybridized carbons (Fsp3) is 0.357. The number of ether oxygens (including phenoxy) is 2. The standard InChI is InChI=1S/C28H32N2O3/c1-5-20-7-9-21(10-8-20)28-29-19(3)26(30(28)4)15-16-33-24-13-14-25-22(17-24)11-12-23(25)18-27(31)32-6-2/h5,7-10,13-14,17,23H,1,6,11-12,15-16,18H2,2-4H3. The van der Waals surface area contributed by atoms with Crippen LogP contribution in [0.5, 0.6) is 5.75 Å². The highest BCUT2D eigenvalue weighted by Gasteiger charge is 2.25. The molecule has 0 bridgehead atoms. The van der Waals surface area contributed by atoms with Crippen molar-refractivity contribution in [3.05, 3.63) is 77.1 Å². The van der Waals surface area contributed by atoms with Gasteiger partial charge in [0.15, 0.2) is 0 Å². The second-order valence-corrected chi connectivity index (χ2v) is 8.56. The molecular weight excluding hydrogens is 412 g/mol. The van der Waals surface area contributed by atoms with E-state index in [-0.39, 0.29) is 11.9 Å². The first kappa shape index (κ1) is 22.8. The molecule has 1 aliphatic carbocycles. The highest BCUT2D eigenvalue weighted by atomic mass is 16.5. The Morgan fingerprint density at radius 1 is 1.24 bits per heavy atom. The molecule has 0 amide bonds. The molecule has 0 saturated carbocycles. The lowest BCUT2D eigenvalue weighted by atomic mass is 9.98. The molecule has 0 aliphatic heterocycles. The Bertz CT molecular complexity index is 1140. The zero-order valence-electron chi connectivity index (χ0n) is 19.8. The van der Waals surface area contributed by atoms with Gasteiger partial charge in [0.2, 0.25) is 0 Å². The first-order chi connectivity index (χ1) is 16.0. The van der Waals surface area contributed by atoms with Crippen molar-refractivity contribution < 1.29 is 14.3 Å². The maximum atomic E-state index is 11.9. The summed E-state index contributed by atoms with van der Waals surface area (Å²) in [6, 6.07) is 14.5. The lowest BCUT2D eigenvalue weighted by molar-refractivity contribution is -0.143. The molecule has 0 radical (unpaired) electrons. The number of carbonyl (C=O) groups excluding carboxylic acids is 1. The zero-order chi connectivity index (χ0) is 23.4. The van der Waals surface area contributed by atoms with Gasteiger partial charge in [0.1, 0.15) is 11.6 Å². The summed E-state index contributed by atoms with van der Waals surface area (Å²) in [4.78, 5) is 16.7. The van der Waals surface area contributed by atoms with E-state index >= 15 is 0 Å². The number of fused-ring (bicyclic) bond motifs is 1. The third-order valence-corrected chi connectivity index (χ3v) is 6.46. The molecule has 1 aliphatic rings. The van der Waals surface area contributed by atoms with Gasteiger partial charge in [-0.15, -0.1) is 0 Å². The lowest BCUT2D eigenvalue weighted by Gasteiger charge is -2.12. The van der Waals surface area contributed by atoms with Crippen LogP contribution in [0.15, 0.2) is 49.0 Å². The number of aromatic nitrogens is 2. The van der Waals surface area contributed by atoms with Crippen LogP contribution >= 0.6 is 0 Å². The SMILES string of the molecule is C=Cc1ccc(-c2nc(C)c(CCOc3ccc4c(c3)CCC4CC(=O)OCC)n2C)cc1. The molecule has 1 aromatic heterocycles. The predicted octanol–water partition coefficient (Wildman–Crippen LogP) is 5.64. The van der Waals surface area contributed by atoms with Crippen LogP contribution in [0.3, 0.4) is 0 Å². The third-order valence-electron chi connectivity index (χ3n) is 6.46. The molecule has 33 heavy (non-hydrogen) atoms. The number of rotatable bonds is 9. The van der Waals surface area contributed by atoms with Crippen molar-refractivity contribution in [3.8, 4) is 17.1 Å². The van der Waals surface area contributed by atoms with Crippen molar-refractivity contribution in [3.63, 3.8) is 0 Å². The molecule has 0 N–H and O–H groups in total. The monoisotopic (exact) mass is 444 g/mol. The van der Waals surface area contributed by atoms with Crippen LogP contribution in [0.2, 0.25) is 0 Å². The molecule has 4 rings (SSSR count). The van der Waals surface area contributed by atoms with Crippen molar-refractivity contribution in [1.82, 2.24) is 9.55 Å². The van der Waals surface area contributed by atoms with Gasteiger partial charge in [0.25, 0.3) is 0 Å². The fourth-order valence-corrected chi connectivity index (χ4v) is 4.71. The fourth-order valence-electron chi connectivity index (χ4n) is 4.71. The van der Waals surface area contributed by atoms with Crippen LogP contribution in [0.25, 0.3) is 17.5 Å². The maximum Gasteiger partial charge on any atom is 0.306 e. The van der Waals surface area contributed by atoms with E-state index in [0.29, 0.717) is 19.6 Å². The van der Waals surface area contributed by atoms with Gasteiger partial charge in [-0.3, -0.25) is 4.79 Å². The number of benzene rings is 2. The summed E-state index contributed by atoms with van der Waals surface area (Å²) in [5, 5.41) is 0. The summed E-state index contributed by atoms with van der Waals surface area (Å²) in [5.74, 6) is 1.98. The quantitative estimate of drug-likeness (QED) is 0.401. The molecule has 0 fully saturated rings. The summed E-state index contributed by atoms with van der Waals surface area (Å²) in [6.07, 6.45) is 5.05. The van der Waals surface area contributed by atoms with Gasteiger partial charge < -0.3 is 14.0 Å². The van der Waals surface area contributed by atoms with E-state index in [0.717, 1.165) is 47.7 Å². The van der Waals surface area contributed by atoms with E-state index < -0.39 is 0 Å². The van der Waals surface area contributed by atoms with Gasteiger partial charge >= 0.3 is 5.97 Å². The van der Waals surface area contributed by atoms with E-state index in [9.17, 15) is 4.79 Å². The third kappa shape index (κ3) is 5.03. The van der Waals surface area contributed by atoms with E-state index in [4.69, 9.17) is 14.5 Å². The van der Waals surface area contributed by atoms with Crippen LogP contribution in [0, 0.1) is 6.92 Å². The van der Waals surface area contributed by atoms with Crippen LogP contribution in [-0.2, 0) is 29.4 Å². The Morgan fingerprint density at radius 3 is 2.76 bits per heavy atom. The molecule has 3 aromatic rings. The van der Waals surface area contributed by atoms with Crippen molar-refractivity contribution in [2.45, 2.75) is 45.4 Å². The predicted molar refractivity (Wildman–Crippen MR) is 131 cm³/mol. The second-order valence-electron chi connectivity index (χ2n) is 8.56. The van der Waals surface area contributed by atoms with Crippen molar-refractivity contribution in [1.29, 1.82) is 0 Å². The number of imidazole rings is 1. The molecule has 0 saturated heterocycles. The van der Waals surface area contributed by atoms with E-state index in [1.807, 2.05) is 19.1 Å². The molecule has 5 nitrogen and oxygen atoms in total. The maximum absolute atomic E-state index is 11.9. The lowest BCUT2D eigenvalue weighted by Crippen LogP contribution is -2.09. The molecule has 1 unspecified atom stereocenters. The van der Waals surface area contributed by atoms with Gasteiger partial charge in [0.05, 0.1) is 25.3 Å². The summed E-state index contributed by atoms with van der Waals surface area (Å²) in [7, 11) is 2.06. The molecule has 2 aromatic carbocycles. The van der Waals surface area contributed by atoms with E-state index in [1.54, 1.807) is 0 Å². The minimum Gasteiger partial charge on any atom is -0.493 e. The van der Waals surface area contributed by atoms with Crippen LogP contribution in [0.4, 0.5) is 0 Å². The Morgan fingerprint density at radius 2 is 2.03 bits per heavy atom. The van der Waals surface area contributed by atoms with Crippen molar-refractivity contribution in [2.75, 3.05) is 13.2 Å². The average molecular weight is 445 g/mol. The summed E-state index contributed by atoms with van der Waals surface area (Å²) in [5.41, 5.74) is 6.93. The van der Waals surface area contributed by atoms with Gasteiger partial charge in [-0.05, 0) is 61.4 Å². The van der Waals surface area contributed by atoms with Gasteiger partial charge in [-0.1, -0.05) is 43.0 Å². The molecule has 1 heterocycles. The largest absolute Gasteiger partial charge is 0.493 e. The molecule has 5 heteroatoms. The molecular formula is C28H32N2O3. The summed E-state index contributed by atoms with van der Waals surface area (Å²) in [6.45, 7) is 8.73. The Hall–Kier alpha value is -3.34. The molecule has 172 valence electrons. The number of hydrogen-bond acceptors (Lipinski definition) is 4. The Labute approximate surface area is 196 Å². The number of aryl methyl sites for hydroxylation is 2. The van der Waals surface area contributed by atoms with Gasteiger partial charge in [-0.25, -0.2) is 4.98 Å². The van der Waals surface area contributed by atoms with Crippen molar-refractivity contribution >= 4 is 12.0 Å². The smallest absolute Gasteiger partial charge is 0.306 e. The second kappa shape index (κ2) is 10.1. The zero-order valence-corrected chi connectivity index (χ0v) is 19.8. The molecule has 0 spiro atoms. The number of nitrogens with zero attached hydrogens (tertiary/aromatic N) is 2. The number of esters is 1. The first-order valence-electron chi connectivity index (χ1n) is 11.7. The van der Waals surface area contributed by atoms with Crippen LogP contribution < -0.4 is 4.74 Å². The van der Waals surface area contributed by atoms with Gasteiger partial charge in [-0.2, -0.15) is 0 Å². The highest BCUT2D eigenvalue weighted by Crippen LogP contribution is 2.37. The Kier molecular flexibility index (Phi) is 6.97. The normalized spacial score (nSPS) is 14.7. The van der Waals surface area contributed by atoms with Crippen LogP contribution in [0.1, 0.15) is 53.8 Å². The summed E-state index contributed by atoms with van der Waals surface area (Å²) < 4.78 is 13.4. The van der Waals surface area contributed by atoms with Gasteiger partial charge in [0, 0.05) is 24.7 Å². The number of hydrogen-bond donors (Lipinski definition) is 0. The van der Waals surface area contributed by atoms with Crippen LogP contribution in [-0.4, -0.2) is 28.7 Å². The summed E-state index contributed by atoms with van der Waals surface area (Å²) >= 11 is 0. The minimum absolute atomic E-state index is 0.113. The average Bonchev–Trinajstić information content (AvgIpc) is 3.34. The highest BCUT2D eigenvalue weighted by molar-refractivity contribution is 5.71. The Balaban J connectivity index is 1.38.